The summed E-state index contributed by atoms with van der Waals surface area (Å²) in [6, 6.07) is 0. The van der Waals surface area contributed by atoms with Crippen molar-refractivity contribution in [3.8, 4) is 0 Å². The molecule has 0 spiro atoms. The molecular formula is C16H24O6Si. The van der Waals surface area contributed by atoms with Crippen molar-refractivity contribution in [3.05, 3.63) is 36.6 Å². The summed E-state index contributed by atoms with van der Waals surface area (Å²) in [5.41, 5.74) is 1.88. The van der Waals surface area contributed by atoms with Crippen molar-refractivity contribution < 1.29 is 28.6 Å². The smallest absolute Gasteiger partial charge is 0.330 e. The van der Waals surface area contributed by atoms with Crippen molar-refractivity contribution in [2.45, 2.75) is 20.4 Å². The maximum absolute atomic E-state index is 11.6. The molecule has 0 amide bonds. The second-order valence-electron chi connectivity index (χ2n) is 5.48. The zero-order valence-corrected chi connectivity index (χ0v) is 15.0. The van der Waals surface area contributed by atoms with E-state index >= 15 is 0 Å². The molecule has 1 unspecified atom stereocenters. The maximum atomic E-state index is 11.6. The van der Waals surface area contributed by atoms with Crippen LogP contribution in [0.2, 0.25) is 6.55 Å². The molecule has 23 heavy (non-hydrogen) atoms. The number of hydrogen-bond donors (Lipinski definition) is 0. The molecule has 0 saturated heterocycles. The van der Waals surface area contributed by atoms with Gasteiger partial charge in [-0.25, -0.2) is 9.59 Å². The topological polar surface area (TPSA) is 78.9 Å². The van der Waals surface area contributed by atoms with Crippen LogP contribution < -0.4 is 0 Å². The Morgan fingerprint density at radius 1 is 1.09 bits per heavy atom. The van der Waals surface area contributed by atoms with E-state index in [1.807, 2.05) is 12.2 Å². The SMILES string of the molecule is C=C/C=C/[Si](C)(COC(=O)/C=C/C(=O)OC)COC(=O)C(C)C. The third-order valence-corrected chi connectivity index (χ3v) is 5.36. The van der Waals surface area contributed by atoms with E-state index in [1.54, 1.807) is 26.0 Å². The molecule has 128 valence electrons. The summed E-state index contributed by atoms with van der Waals surface area (Å²) < 4.78 is 14.8. The van der Waals surface area contributed by atoms with E-state index in [0.29, 0.717) is 0 Å². The number of hydrogen-bond acceptors (Lipinski definition) is 6. The molecule has 0 N–H and O–H groups in total. The number of allylic oxidation sites excluding steroid dienone is 2. The van der Waals surface area contributed by atoms with Crippen LogP contribution in [0.3, 0.4) is 0 Å². The normalized spacial score (nSPS) is 13.8. The molecule has 0 saturated carbocycles. The first-order chi connectivity index (χ1) is 10.7. The number of ether oxygens (including phenoxy) is 3. The van der Waals surface area contributed by atoms with Crippen LogP contribution in [0.1, 0.15) is 13.8 Å². The van der Waals surface area contributed by atoms with Gasteiger partial charge in [0.05, 0.1) is 25.5 Å². The highest BCUT2D eigenvalue weighted by molar-refractivity contribution is 6.83. The summed E-state index contributed by atoms with van der Waals surface area (Å²) in [5, 5.41) is 0. The number of carbonyl (C=O) groups excluding carboxylic acids is 3. The number of esters is 3. The molecule has 0 bridgehead atoms. The van der Waals surface area contributed by atoms with Crippen molar-refractivity contribution in [1.29, 1.82) is 0 Å². The van der Waals surface area contributed by atoms with Gasteiger partial charge in [-0.1, -0.05) is 44.8 Å². The fourth-order valence-electron chi connectivity index (χ4n) is 1.33. The van der Waals surface area contributed by atoms with Gasteiger partial charge in [-0.2, -0.15) is 0 Å². The molecule has 0 radical (unpaired) electrons. The molecule has 0 aromatic rings. The molecule has 7 heteroatoms. The van der Waals surface area contributed by atoms with Crippen molar-refractivity contribution in [3.63, 3.8) is 0 Å². The van der Waals surface area contributed by atoms with Crippen LogP contribution in [0.15, 0.2) is 36.6 Å². The third-order valence-electron chi connectivity index (χ3n) is 2.75. The Labute approximate surface area is 137 Å². The van der Waals surface area contributed by atoms with Gasteiger partial charge in [-0.15, -0.1) is 0 Å². The minimum Gasteiger partial charge on any atom is -0.469 e. The summed E-state index contributed by atoms with van der Waals surface area (Å²) in [6.45, 7) is 9.01. The first-order valence-corrected chi connectivity index (χ1v) is 10.1. The lowest BCUT2D eigenvalue weighted by molar-refractivity contribution is -0.145. The van der Waals surface area contributed by atoms with Crippen LogP contribution in [0.25, 0.3) is 0 Å². The number of rotatable bonds is 9. The average molecular weight is 340 g/mol. The van der Waals surface area contributed by atoms with Crippen LogP contribution in [0.5, 0.6) is 0 Å². The van der Waals surface area contributed by atoms with E-state index in [2.05, 4.69) is 11.3 Å². The highest BCUT2D eigenvalue weighted by Gasteiger charge is 2.29. The molecule has 6 nitrogen and oxygen atoms in total. The Morgan fingerprint density at radius 3 is 2.17 bits per heavy atom. The van der Waals surface area contributed by atoms with Gasteiger partial charge in [0.2, 0.25) is 0 Å². The fourth-order valence-corrected chi connectivity index (χ4v) is 3.15. The van der Waals surface area contributed by atoms with E-state index in [0.717, 1.165) is 12.2 Å². The first-order valence-electron chi connectivity index (χ1n) is 7.14. The lowest BCUT2D eigenvalue weighted by Crippen LogP contribution is -2.42. The van der Waals surface area contributed by atoms with Gasteiger partial charge < -0.3 is 14.2 Å². The second kappa shape index (κ2) is 10.6. The standard InChI is InChI=1S/C16H24O6Si/c1-6-7-10-23(5,12-22-16(19)13(2)3)11-21-15(18)9-8-14(17)20-4/h6-10,13H,1,11-12H2,2-5H3/b9-8+,10-7+. The summed E-state index contributed by atoms with van der Waals surface area (Å²) in [5.74, 6) is -1.81. The van der Waals surface area contributed by atoms with Gasteiger partial charge in [0, 0.05) is 12.2 Å². The Kier molecular flexibility index (Phi) is 9.56. The Balaban J connectivity index is 4.71. The van der Waals surface area contributed by atoms with Crippen LogP contribution in [0.4, 0.5) is 0 Å². The number of methoxy groups -OCH3 is 1. The van der Waals surface area contributed by atoms with E-state index in [1.165, 1.54) is 7.11 Å². The molecule has 1 atom stereocenters. The van der Waals surface area contributed by atoms with Gasteiger partial charge in [0.1, 0.15) is 0 Å². The van der Waals surface area contributed by atoms with Crippen LogP contribution in [0, 0.1) is 5.92 Å². The Hall–Kier alpha value is -2.15. The maximum Gasteiger partial charge on any atom is 0.330 e. The van der Waals surface area contributed by atoms with Gasteiger partial charge in [0.15, 0.2) is 8.07 Å². The summed E-state index contributed by atoms with van der Waals surface area (Å²) in [6.07, 6.45) is 5.65. The Bertz CT molecular complexity index is 495. The highest BCUT2D eigenvalue weighted by atomic mass is 28.3. The van der Waals surface area contributed by atoms with Gasteiger partial charge >= 0.3 is 17.9 Å². The van der Waals surface area contributed by atoms with Crippen molar-refractivity contribution in [2.75, 3.05) is 19.6 Å². The van der Waals surface area contributed by atoms with Gasteiger partial charge in [-0.05, 0) is 0 Å². The van der Waals surface area contributed by atoms with E-state index in [-0.39, 0.29) is 24.3 Å². The fraction of sp³-hybridized carbons (Fsp3) is 0.438. The molecule has 0 aliphatic heterocycles. The van der Waals surface area contributed by atoms with Crippen LogP contribution in [-0.4, -0.2) is 45.6 Å². The summed E-state index contributed by atoms with van der Waals surface area (Å²) in [4.78, 5) is 34.1. The molecule has 0 aliphatic carbocycles. The quantitative estimate of drug-likeness (QED) is 0.210. The molecule has 0 aromatic heterocycles. The molecule has 0 fully saturated rings. The van der Waals surface area contributed by atoms with E-state index in [4.69, 9.17) is 9.47 Å². The van der Waals surface area contributed by atoms with Crippen LogP contribution >= 0.6 is 0 Å². The summed E-state index contributed by atoms with van der Waals surface area (Å²) >= 11 is 0. The zero-order valence-electron chi connectivity index (χ0n) is 14.0. The van der Waals surface area contributed by atoms with E-state index < -0.39 is 20.0 Å². The second-order valence-corrected chi connectivity index (χ2v) is 9.69. The largest absolute Gasteiger partial charge is 0.469 e. The zero-order chi connectivity index (χ0) is 17.9. The molecule has 0 heterocycles. The van der Waals surface area contributed by atoms with Crippen molar-refractivity contribution in [2.24, 2.45) is 5.92 Å². The lowest BCUT2D eigenvalue weighted by atomic mass is 10.2. The van der Waals surface area contributed by atoms with Crippen LogP contribution in [-0.2, 0) is 28.6 Å². The van der Waals surface area contributed by atoms with Crippen molar-refractivity contribution in [1.82, 2.24) is 0 Å². The number of carbonyl (C=O) groups is 3. The molecule has 0 rings (SSSR count). The summed E-state index contributed by atoms with van der Waals surface area (Å²) in [7, 11) is -1.08. The molecular weight excluding hydrogens is 316 g/mol. The predicted molar refractivity (Wildman–Crippen MR) is 88.9 cm³/mol. The average Bonchev–Trinajstić information content (AvgIpc) is 2.53. The predicted octanol–water partition coefficient (Wildman–Crippen LogP) is 1.90. The highest BCUT2D eigenvalue weighted by Crippen LogP contribution is 2.09. The first kappa shape index (κ1) is 20.8. The van der Waals surface area contributed by atoms with Crippen molar-refractivity contribution >= 4 is 26.0 Å². The van der Waals surface area contributed by atoms with E-state index in [9.17, 15) is 14.4 Å². The monoisotopic (exact) mass is 340 g/mol. The van der Waals surface area contributed by atoms with Gasteiger partial charge in [-0.3, -0.25) is 4.79 Å². The van der Waals surface area contributed by atoms with Gasteiger partial charge in [0.25, 0.3) is 0 Å². The lowest BCUT2D eigenvalue weighted by Gasteiger charge is -2.23. The molecule has 0 aromatic carbocycles. The minimum atomic E-state index is -2.29. The molecule has 0 aliphatic rings. The minimum absolute atomic E-state index is 0.118. The third kappa shape index (κ3) is 9.46. The Morgan fingerprint density at radius 2 is 1.65 bits per heavy atom.